The second-order valence-corrected chi connectivity index (χ2v) is 4.26. The first-order valence-electron chi connectivity index (χ1n) is 7.70. The van der Waals surface area contributed by atoms with E-state index in [1.807, 2.05) is 0 Å². The predicted molar refractivity (Wildman–Crippen MR) is 85.5 cm³/mol. The van der Waals surface area contributed by atoms with Gasteiger partial charge in [-0.15, -0.1) is 0 Å². The summed E-state index contributed by atoms with van der Waals surface area (Å²) in [7, 11) is 0. The van der Waals surface area contributed by atoms with Crippen molar-refractivity contribution < 1.29 is 9.90 Å². The Morgan fingerprint density at radius 2 is 1.05 bits per heavy atom. The molecule has 0 amide bonds. The van der Waals surface area contributed by atoms with Crippen molar-refractivity contribution in [3.63, 3.8) is 0 Å². The van der Waals surface area contributed by atoms with Crippen LogP contribution in [0.15, 0.2) is 0 Å². The van der Waals surface area contributed by atoms with E-state index >= 15 is 0 Å². The molecule has 1 rings (SSSR count). The lowest BCUT2D eigenvalue weighted by Crippen LogP contribution is -2.21. The Morgan fingerprint density at radius 3 is 1.11 bits per heavy atom. The van der Waals surface area contributed by atoms with E-state index in [0.29, 0.717) is 0 Å². The first-order chi connectivity index (χ1) is 9.08. The molecule has 0 aliphatic heterocycles. The number of nitrogens with zero attached hydrogens (tertiary/aromatic N) is 1. The number of aliphatic carboxylic acids is 1. The largest absolute Gasteiger partial charge is 0.481 e. The van der Waals surface area contributed by atoms with Crippen molar-refractivity contribution in [1.29, 1.82) is 0 Å². The monoisotopic (exact) mass is 274 g/mol. The van der Waals surface area contributed by atoms with E-state index in [4.69, 9.17) is 9.90 Å². The van der Waals surface area contributed by atoms with Crippen LogP contribution in [0.1, 0.15) is 73.1 Å². The van der Waals surface area contributed by atoms with Gasteiger partial charge in [-0.2, -0.15) is 0 Å². The van der Waals surface area contributed by atoms with E-state index in [1.165, 1.54) is 58.2 Å². The van der Waals surface area contributed by atoms with Gasteiger partial charge in [0.25, 0.3) is 5.97 Å². The zero-order valence-electron chi connectivity index (χ0n) is 13.9. The van der Waals surface area contributed by atoms with E-state index in [0.717, 1.165) is 6.92 Å². The molecule has 0 heterocycles. The molecule has 0 aromatic carbocycles. The summed E-state index contributed by atoms with van der Waals surface area (Å²) in [6.07, 6.45) is 9.00. The topological polar surface area (TPSA) is 40.5 Å². The molecule has 3 nitrogen and oxygen atoms in total. The van der Waals surface area contributed by atoms with Crippen molar-refractivity contribution in [3.05, 3.63) is 6.92 Å². The van der Waals surface area contributed by atoms with Crippen LogP contribution < -0.4 is 0 Å². The number of carboxylic acids is 1. The van der Waals surface area contributed by atoms with Gasteiger partial charge in [0.05, 0.1) is 0 Å². The molecule has 0 unspecified atom stereocenters. The molecule has 1 radical (unpaired) electrons. The van der Waals surface area contributed by atoms with Crippen LogP contribution in [0.3, 0.4) is 0 Å². The average Bonchev–Trinajstić information content (AvgIpc) is 2.45. The first kappa shape index (κ1) is 23.5. The van der Waals surface area contributed by atoms with Crippen LogP contribution in [-0.2, 0) is 4.79 Å². The Hall–Kier alpha value is -0.570. The molecule has 117 valence electrons. The summed E-state index contributed by atoms with van der Waals surface area (Å²) in [6, 6.07) is 0. The molecule has 0 aromatic rings. The lowest BCUT2D eigenvalue weighted by molar-refractivity contribution is -0.134. The summed E-state index contributed by atoms with van der Waals surface area (Å²) in [6.45, 7) is 16.2. The molecule has 0 bridgehead atoms. The minimum Gasteiger partial charge on any atom is -0.481 e. The lowest BCUT2D eigenvalue weighted by Gasteiger charge is -2.13. The van der Waals surface area contributed by atoms with Crippen LogP contribution in [0.2, 0.25) is 0 Å². The van der Waals surface area contributed by atoms with Crippen LogP contribution in [0.5, 0.6) is 0 Å². The normalized spacial score (nSPS) is 13.0. The van der Waals surface area contributed by atoms with Crippen molar-refractivity contribution in [2.75, 3.05) is 19.6 Å². The van der Waals surface area contributed by atoms with Gasteiger partial charge < -0.3 is 10.0 Å². The van der Waals surface area contributed by atoms with Crippen LogP contribution in [0.4, 0.5) is 0 Å². The van der Waals surface area contributed by atoms with Gasteiger partial charge in [-0.1, -0.05) is 73.1 Å². The van der Waals surface area contributed by atoms with Crippen molar-refractivity contribution in [3.8, 4) is 0 Å². The number of rotatable bonds is 3. The molecule has 0 atom stereocenters. The third-order valence-corrected chi connectivity index (χ3v) is 2.84. The van der Waals surface area contributed by atoms with Gasteiger partial charge in [0, 0.05) is 6.92 Å². The Morgan fingerprint density at radius 1 is 0.895 bits per heavy atom. The molecule has 0 spiro atoms. The first-order valence-corrected chi connectivity index (χ1v) is 7.70. The Labute approximate surface area is 121 Å². The fourth-order valence-electron chi connectivity index (χ4n) is 1.73. The second kappa shape index (κ2) is 22.6. The molecule has 1 aliphatic rings. The van der Waals surface area contributed by atoms with Gasteiger partial charge in [-0.3, -0.25) is 4.79 Å². The van der Waals surface area contributed by atoms with Gasteiger partial charge in [0.1, 0.15) is 0 Å². The zero-order valence-corrected chi connectivity index (χ0v) is 13.9. The molecule has 1 fully saturated rings. The number of hydrogen-bond acceptors (Lipinski definition) is 2. The highest BCUT2D eigenvalue weighted by atomic mass is 16.4. The van der Waals surface area contributed by atoms with E-state index < -0.39 is 5.97 Å². The van der Waals surface area contributed by atoms with Crippen LogP contribution in [-0.4, -0.2) is 35.6 Å². The molecule has 1 saturated carbocycles. The van der Waals surface area contributed by atoms with E-state index in [-0.39, 0.29) is 0 Å². The molecule has 0 saturated heterocycles. The predicted octanol–water partition coefficient (Wildman–Crippen LogP) is 4.62. The maximum absolute atomic E-state index is 9.00. The van der Waals surface area contributed by atoms with Gasteiger partial charge in [0.15, 0.2) is 0 Å². The van der Waals surface area contributed by atoms with E-state index in [1.54, 1.807) is 6.92 Å². The maximum Gasteiger partial charge on any atom is 0.300 e. The summed E-state index contributed by atoms with van der Waals surface area (Å²) in [5.74, 6) is -0.833. The van der Waals surface area contributed by atoms with Crippen LogP contribution >= 0.6 is 0 Å². The minimum atomic E-state index is -0.833. The fraction of sp³-hybridized carbons (Fsp3) is 0.875. The molecule has 1 N–H and O–H groups in total. The summed E-state index contributed by atoms with van der Waals surface area (Å²) < 4.78 is 0. The maximum atomic E-state index is 9.00. The van der Waals surface area contributed by atoms with Crippen molar-refractivity contribution in [2.24, 2.45) is 0 Å². The highest BCUT2D eigenvalue weighted by Gasteiger charge is 1.95. The molecular formula is C16H36NO2. The third kappa shape index (κ3) is 31.8. The van der Waals surface area contributed by atoms with Crippen molar-refractivity contribution in [1.82, 2.24) is 4.90 Å². The Kier molecular flexibility index (Phi) is 28.0. The van der Waals surface area contributed by atoms with Gasteiger partial charge in [-0.05, 0) is 19.6 Å². The summed E-state index contributed by atoms with van der Waals surface area (Å²) in [5.41, 5.74) is 0. The highest BCUT2D eigenvalue weighted by Crippen LogP contribution is 2.15. The summed E-state index contributed by atoms with van der Waals surface area (Å²) in [5, 5.41) is 7.42. The second-order valence-electron chi connectivity index (χ2n) is 4.26. The molecular weight excluding hydrogens is 238 g/mol. The van der Waals surface area contributed by atoms with Gasteiger partial charge in [0.2, 0.25) is 0 Å². The summed E-state index contributed by atoms with van der Waals surface area (Å²) >= 11 is 0. The zero-order chi connectivity index (χ0) is 15.5. The number of carbonyl (C=O) groups is 1. The highest BCUT2D eigenvalue weighted by molar-refractivity contribution is 5.62. The Balaban J connectivity index is -0.000000195. The quantitative estimate of drug-likeness (QED) is 0.816. The van der Waals surface area contributed by atoms with E-state index in [2.05, 4.69) is 32.6 Å². The third-order valence-electron chi connectivity index (χ3n) is 2.84. The molecule has 1 aliphatic carbocycles. The molecule has 3 heteroatoms. The number of hydrogen-bond donors (Lipinski definition) is 1. The van der Waals surface area contributed by atoms with Crippen LogP contribution in [0.25, 0.3) is 0 Å². The van der Waals surface area contributed by atoms with Gasteiger partial charge >= 0.3 is 0 Å². The molecule has 0 aromatic heterocycles. The fourth-order valence-corrected chi connectivity index (χ4v) is 1.73. The Bertz CT molecular complexity index is 132. The van der Waals surface area contributed by atoms with Crippen LogP contribution in [0, 0.1) is 6.92 Å². The minimum absolute atomic E-state index is 0.833. The standard InChI is InChI=1S/C6H15N.C6H12.C2H4O2.C2H5/c1-4-7(5-2)6-3;1-2-4-6-5-3-1;1-2(3)4;1-2/h4-6H2,1-3H3;1-6H2;1H3,(H,3,4);1H2,2H3. The van der Waals surface area contributed by atoms with Gasteiger partial charge in [-0.25, -0.2) is 0 Å². The average molecular weight is 274 g/mol. The summed E-state index contributed by atoms with van der Waals surface area (Å²) in [4.78, 5) is 11.4. The number of carboxylic acid groups (broad SMARTS) is 1. The smallest absolute Gasteiger partial charge is 0.300 e. The lowest BCUT2D eigenvalue weighted by atomic mass is 10.0. The molecule has 19 heavy (non-hydrogen) atoms. The SMILES string of the molecule is C1CCCCC1.CC(=O)O.CCN(CC)CC.[CH2]C. The van der Waals surface area contributed by atoms with E-state index in [9.17, 15) is 0 Å². The van der Waals surface area contributed by atoms with Crippen molar-refractivity contribution >= 4 is 5.97 Å². The van der Waals surface area contributed by atoms with Crippen molar-refractivity contribution in [2.45, 2.75) is 73.1 Å².